The third-order valence-corrected chi connectivity index (χ3v) is 11.6. The summed E-state index contributed by atoms with van der Waals surface area (Å²) in [5.41, 5.74) is 17.1. The van der Waals surface area contributed by atoms with E-state index in [2.05, 4.69) is 190 Å². The molecule has 11 aromatic rings. The van der Waals surface area contributed by atoms with E-state index in [4.69, 9.17) is 0 Å². The van der Waals surface area contributed by atoms with E-state index in [0.29, 0.717) is 0 Å². The molecule has 1 aliphatic rings. The zero-order valence-electron chi connectivity index (χ0n) is 29.2. The second-order valence-electron chi connectivity index (χ2n) is 14.4. The van der Waals surface area contributed by atoms with Crippen LogP contribution in [0.1, 0.15) is 0 Å². The molecule has 0 fully saturated rings. The van der Waals surface area contributed by atoms with Gasteiger partial charge in [-0.15, -0.1) is 0 Å². The van der Waals surface area contributed by atoms with E-state index in [-0.39, 0.29) is 0 Å². The van der Waals surface area contributed by atoms with Crippen molar-refractivity contribution in [3.8, 4) is 55.9 Å². The number of para-hydroxylation sites is 2. The molecular formula is C51H31N3. The minimum atomic E-state index is 1.11. The van der Waals surface area contributed by atoms with Crippen molar-refractivity contribution < 1.29 is 0 Å². The summed E-state index contributed by atoms with van der Waals surface area (Å²) in [7, 11) is 0. The van der Waals surface area contributed by atoms with Crippen molar-refractivity contribution in [2.24, 2.45) is 0 Å². The number of fused-ring (bicyclic) bond motifs is 9. The fourth-order valence-corrected chi connectivity index (χ4v) is 9.21. The third-order valence-electron chi connectivity index (χ3n) is 11.6. The van der Waals surface area contributed by atoms with Crippen LogP contribution in [0.3, 0.4) is 0 Å². The largest absolute Gasteiger partial charge is 0.309 e. The van der Waals surface area contributed by atoms with Crippen LogP contribution in [0.5, 0.6) is 0 Å². The smallest absolute Gasteiger partial charge is 0.0724 e. The molecule has 0 spiro atoms. The van der Waals surface area contributed by atoms with Gasteiger partial charge in [-0.05, 0) is 116 Å². The first-order chi connectivity index (χ1) is 26.8. The zero-order chi connectivity index (χ0) is 35.3. The van der Waals surface area contributed by atoms with Crippen LogP contribution in [0.4, 0.5) is 0 Å². The predicted molar refractivity (Wildman–Crippen MR) is 226 cm³/mol. The molecule has 3 nitrogen and oxygen atoms in total. The van der Waals surface area contributed by atoms with E-state index in [9.17, 15) is 0 Å². The van der Waals surface area contributed by atoms with Gasteiger partial charge in [-0.25, -0.2) is 0 Å². The molecule has 3 heterocycles. The quantitative estimate of drug-likeness (QED) is 0.181. The summed E-state index contributed by atoms with van der Waals surface area (Å²) in [5, 5.41) is 7.56. The van der Waals surface area contributed by atoms with Gasteiger partial charge in [0.15, 0.2) is 0 Å². The highest BCUT2D eigenvalue weighted by Crippen LogP contribution is 2.49. The number of hydrogen-bond acceptors (Lipinski definition) is 1. The predicted octanol–water partition coefficient (Wildman–Crippen LogP) is 13.4. The second kappa shape index (κ2) is 11.1. The summed E-state index contributed by atoms with van der Waals surface area (Å²) in [6.07, 6.45) is 3.87. The Bertz CT molecular complexity index is 3300. The van der Waals surface area contributed by atoms with Gasteiger partial charge in [0.25, 0.3) is 0 Å². The molecule has 1 aliphatic carbocycles. The van der Waals surface area contributed by atoms with Gasteiger partial charge in [0, 0.05) is 39.1 Å². The SMILES string of the molecule is c1ccc(-n2c3ccc(-c4ccc5c(c4)c4ccccc4n5-c4cccc(-c5ccc6c7c(cccc57)-c5ccccc5-6)c4)cc3c3ccncc32)cc1. The van der Waals surface area contributed by atoms with Crippen molar-refractivity contribution in [1.82, 2.24) is 14.1 Å². The molecule has 250 valence electrons. The minimum absolute atomic E-state index is 1.11. The standard InChI is InChI=1S/C51H31N3/c1-2-11-35(12-3-1)53-48-24-20-33(30-46(48)41-26-27-52-31-50(41)53)32-21-25-49-45(29-32)40-16-6-7-19-47(40)54(49)36-13-8-10-34(28-36)37-22-23-44-39-15-5-4-14-38(39)43-18-9-17-42(37)51(43)44/h1-31H. The molecule has 0 saturated heterocycles. The minimum Gasteiger partial charge on any atom is -0.309 e. The van der Waals surface area contributed by atoms with Crippen molar-refractivity contribution in [2.75, 3.05) is 0 Å². The number of rotatable bonds is 4. The van der Waals surface area contributed by atoms with Crippen molar-refractivity contribution >= 4 is 54.4 Å². The Balaban J connectivity index is 1.01. The summed E-state index contributed by atoms with van der Waals surface area (Å²) in [6.45, 7) is 0. The van der Waals surface area contributed by atoms with Crippen LogP contribution in [0, 0.1) is 0 Å². The average molecular weight is 686 g/mol. The van der Waals surface area contributed by atoms with Crippen LogP contribution in [0.25, 0.3) is 110 Å². The molecular weight excluding hydrogens is 655 g/mol. The van der Waals surface area contributed by atoms with Gasteiger partial charge < -0.3 is 9.13 Å². The van der Waals surface area contributed by atoms with Crippen molar-refractivity contribution in [2.45, 2.75) is 0 Å². The summed E-state index contributed by atoms with van der Waals surface area (Å²) in [4.78, 5) is 4.50. The summed E-state index contributed by atoms with van der Waals surface area (Å²) >= 11 is 0. The molecule has 0 N–H and O–H groups in total. The highest BCUT2D eigenvalue weighted by Gasteiger charge is 2.23. The highest BCUT2D eigenvalue weighted by molar-refractivity contribution is 6.19. The van der Waals surface area contributed by atoms with E-state index in [1.54, 1.807) is 0 Å². The van der Waals surface area contributed by atoms with E-state index in [0.717, 1.165) is 16.9 Å². The Kier molecular flexibility index (Phi) is 6.05. The van der Waals surface area contributed by atoms with Gasteiger partial charge in [0.05, 0.1) is 28.3 Å². The van der Waals surface area contributed by atoms with Crippen LogP contribution in [-0.2, 0) is 0 Å². The van der Waals surface area contributed by atoms with Gasteiger partial charge in [-0.3, -0.25) is 4.98 Å². The molecule has 8 aromatic carbocycles. The Labute approximate surface area is 311 Å². The molecule has 54 heavy (non-hydrogen) atoms. The van der Waals surface area contributed by atoms with Crippen LogP contribution >= 0.6 is 0 Å². The van der Waals surface area contributed by atoms with E-state index < -0.39 is 0 Å². The molecule has 0 amide bonds. The second-order valence-corrected chi connectivity index (χ2v) is 14.4. The molecule has 3 heteroatoms. The summed E-state index contributed by atoms with van der Waals surface area (Å²) < 4.78 is 4.74. The fraction of sp³-hybridized carbons (Fsp3) is 0. The van der Waals surface area contributed by atoms with Crippen molar-refractivity contribution in [3.63, 3.8) is 0 Å². The maximum atomic E-state index is 4.50. The van der Waals surface area contributed by atoms with Crippen LogP contribution in [-0.4, -0.2) is 14.1 Å². The number of hydrogen-bond donors (Lipinski definition) is 0. The fourth-order valence-electron chi connectivity index (χ4n) is 9.21. The number of aromatic nitrogens is 3. The lowest BCUT2D eigenvalue weighted by molar-refractivity contribution is 1.17. The highest BCUT2D eigenvalue weighted by atomic mass is 15.0. The maximum absolute atomic E-state index is 4.50. The van der Waals surface area contributed by atoms with Gasteiger partial charge in [0.2, 0.25) is 0 Å². The molecule has 0 saturated carbocycles. The van der Waals surface area contributed by atoms with Crippen LogP contribution in [0.15, 0.2) is 188 Å². The van der Waals surface area contributed by atoms with Crippen LogP contribution in [0.2, 0.25) is 0 Å². The van der Waals surface area contributed by atoms with Gasteiger partial charge in [-0.2, -0.15) is 0 Å². The lowest BCUT2D eigenvalue weighted by Crippen LogP contribution is -1.94. The number of pyridine rings is 1. The Morgan fingerprint density at radius 1 is 0.315 bits per heavy atom. The average Bonchev–Trinajstić information content (AvgIpc) is 3.87. The molecule has 0 atom stereocenters. The molecule has 0 bridgehead atoms. The molecule has 12 rings (SSSR count). The van der Waals surface area contributed by atoms with Gasteiger partial charge in [0.1, 0.15) is 0 Å². The lowest BCUT2D eigenvalue weighted by Gasteiger charge is -2.13. The van der Waals surface area contributed by atoms with E-state index in [1.807, 2.05) is 12.4 Å². The van der Waals surface area contributed by atoms with E-state index >= 15 is 0 Å². The van der Waals surface area contributed by atoms with E-state index in [1.165, 1.54) is 93.4 Å². The normalized spacial score (nSPS) is 12.1. The van der Waals surface area contributed by atoms with Gasteiger partial charge in [-0.1, -0.05) is 115 Å². The monoisotopic (exact) mass is 685 g/mol. The first-order valence-corrected chi connectivity index (χ1v) is 18.5. The summed E-state index contributed by atoms with van der Waals surface area (Å²) in [6, 6.07) is 64.5. The molecule has 0 radical (unpaired) electrons. The molecule has 0 unspecified atom stereocenters. The van der Waals surface area contributed by atoms with Crippen molar-refractivity contribution in [1.29, 1.82) is 0 Å². The lowest BCUT2D eigenvalue weighted by atomic mass is 9.94. The zero-order valence-corrected chi connectivity index (χ0v) is 29.2. The molecule has 0 aliphatic heterocycles. The number of benzene rings is 8. The summed E-state index contributed by atoms with van der Waals surface area (Å²) in [5.74, 6) is 0. The van der Waals surface area contributed by atoms with Crippen LogP contribution < -0.4 is 0 Å². The third kappa shape index (κ3) is 4.09. The molecule has 3 aromatic heterocycles. The van der Waals surface area contributed by atoms with Crippen molar-refractivity contribution in [3.05, 3.63) is 188 Å². The topological polar surface area (TPSA) is 22.8 Å². The number of nitrogens with zero attached hydrogens (tertiary/aromatic N) is 3. The Hall–Kier alpha value is -7.23. The van der Waals surface area contributed by atoms with Gasteiger partial charge >= 0.3 is 0 Å². The maximum Gasteiger partial charge on any atom is 0.0724 e. The Morgan fingerprint density at radius 3 is 1.69 bits per heavy atom. The Morgan fingerprint density at radius 2 is 0.889 bits per heavy atom. The first kappa shape index (κ1) is 29.4. The first-order valence-electron chi connectivity index (χ1n) is 18.5.